The fourth-order valence-electron chi connectivity index (χ4n) is 2.07. The first kappa shape index (κ1) is 12.0. The predicted octanol–water partition coefficient (Wildman–Crippen LogP) is 1.51. The number of ether oxygens (including phenoxy) is 2. The minimum absolute atomic E-state index is 0.627. The normalized spacial score (nSPS) is 13.5. The maximum Gasteiger partial charge on any atom is 0.161 e. The molecule has 5 nitrogen and oxygen atoms in total. The van der Waals surface area contributed by atoms with Crippen molar-refractivity contribution < 1.29 is 9.47 Å². The van der Waals surface area contributed by atoms with Crippen molar-refractivity contribution in [3.63, 3.8) is 0 Å². The van der Waals surface area contributed by atoms with Gasteiger partial charge in [0, 0.05) is 31.9 Å². The molecule has 100 valence electrons. The third-order valence-electron chi connectivity index (χ3n) is 3.03. The lowest BCUT2D eigenvalue weighted by Crippen LogP contribution is -2.18. The highest BCUT2D eigenvalue weighted by molar-refractivity contribution is 5.43. The van der Waals surface area contributed by atoms with Gasteiger partial charge in [-0.2, -0.15) is 0 Å². The first-order valence-corrected chi connectivity index (χ1v) is 6.49. The Kier molecular flexibility index (Phi) is 3.65. The number of nitrogens with zero attached hydrogens (tertiary/aromatic N) is 1. The van der Waals surface area contributed by atoms with Crippen molar-refractivity contribution in [2.75, 3.05) is 19.8 Å². The second-order valence-electron chi connectivity index (χ2n) is 4.44. The summed E-state index contributed by atoms with van der Waals surface area (Å²) in [4.78, 5) is 7.28. The standard InChI is InChI=1S/C14H17N3O2/c1-2-12-13(19-8-7-18-12)9-11(1)10-15-4-3-14-16-5-6-17-14/h1-2,5-6,9,15H,3-4,7-8,10H2,(H,16,17). The van der Waals surface area contributed by atoms with Crippen LogP contribution in [-0.2, 0) is 13.0 Å². The van der Waals surface area contributed by atoms with E-state index >= 15 is 0 Å². The third-order valence-corrected chi connectivity index (χ3v) is 3.03. The number of rotatable bonds is 5. The molecule has 0 unspecified atom stereocenters. The van der Waals surface area contributed by atoms with E-state index in [1.54, 1.807) is 6.20 Å². The Bertz CT molecular complexity index is 525. The van der Waals surface area contributed by atoms with E-state index in [9.17, 15) is 0 Å². The summed E-state index contributed by atoms with van der Waals surface area (Å²) < 4.78 is 11.1. The second-order valence-corrected chi connectivity index (χ2v) is 4.44. The molecule has 1 aromatic carbocycles. The number of fused-ring (bicyclic) bond motifs is 1. The molecule has 2 aromatic rings. The van der Waals surface area contributed by atoms with Crippen LogP contribution in [0.4, 0.5) is 0 Å². The fourth-order valence-corrected chi connectivity index (χ4v) is 2.07. The van der Waals surface area contributed by atoms with Gasteiger partial charge in [-0.05, 0) is 17.7 Å². The molecule has 0 atom stereocenters. The van der Waals surface area contributed by atoms with Crippen molar-refractivity contribution in [2.24, 2.45) is 0 Å². The number of hydrogen-bond donors (Lipinski definition) is 2. The molecule has 1 aliphatic heterocycles. The second kappa shape index (κ2) is 5.75. The van der Waals surface area contributed by atoms with Crippen LogP contribution in [0.15, 0.2) is 30.6 Å². The Morgan fingerprint density at radius 3 is 2.95 bits per heavy atom. The largest absolute Gasteiger partial charge is 0.486 e. The van der Waals surface area contributed by atoms with Crippen LogP contribution in [0.2, 0.25) is 0 Å². The maximum absolute atomic E-state index is 5.56. The van der Waals surface area contributed by atoms with Crippen LogP contribution < -0.4 is 14.8 Å². The molecule has 0 fully saturated rings. The van der Waals surface area contributed by atoms with E-state index in [-0.39, 0.29) is 0 Å². The van der Waals surface area contributed by atoms with Gasteiger partial charge in [-0.1, -0.05) is 6.07 Å². The topological polar surface area (TPSA) is 59.2 Å². The summed E-state index contributed by atoms with van der Waals surface area (Å²) in [5, 5.41) is 3.39. The van der Waals surface area contributed by atoms with Crippen molar-refractivity contribution in [3.8, 4) is 11.5 Å². The zero-order valence-electron chi connectivity index (χ0n) is 10.7. The van der Waals surface area contributed by atoms with Gasteiger partial charge < -0.3 is 19.8 Å². The smallest absolute Gasteiger partial charge is 0.161 e. The lowest BCUT2D eigenvalue weighted by Gasteiger charge is -2.18. The molecule has 1 aromatic heterocycles. The van der Waals surface area contributed by atoms with E-state index in [0.717, 1.165) is 36.8 Å². The van der Waals surface area contributed by atoms with Crippen molar-refractivity contribution in [3.05, 3.63) is 42.0 Å². The highest BCUT2D eigenvalue weighted by Crippen LogP contribution is 2.30. The monoisotopic (exact) mass is 259 g/mol. The van der Waals surface area contributed by atoms with Gasteiger partial charge in [-0.15, -0.1) is 0 Å². The molecule has 3 rings (SSSR count). The quantitative estimate of drug-likeness (QED) is 0.799. The number of nitrogens with one attached hydrogen (secondary N) is 2. The number of H-pyrrole nitrogens is 1. The predicted molar refractivity (Wildman–Crippen MR) is 71.4 cm³/mol. The average molecular weight is 259 g/mol. The van der Waals surface area contributed by atoms with E-state index in [1.165, 1.54) is 5.56 Å². The van der Waals surface area contributed by atoms with Crippen LogP contribution >= 0.6 is 0 Å². The molecule has 2 N–H and O–H groups in total. The molecular weight excluding hydrogens is 242 g/mol. The van der Waals surface area contributed by atoms with Gasteiger partial charge in [0.2, 0.25) is 0 Å². The minimum atomic E-state index is 0.627. The van der Waals surface area contributed by atoms with E-state index in [2.05, 4.69) is 21.4 Å². The maximum atomic E-state index is 5.56. The highest BCUT2D eigenvalue weighted by Gasteiger charge is 2.11. The van der Waals surface area contributed by atoms with Crippen molar-refractivity contribution >= 4 is 0 Å². The van der Waals surface area contributed by atoms with Gasteiger partial charge in [-0.25, -0.2) is 4.98 Å². The molecule has 1 aliphatic rings. The summed E-state index contributed by atoms with van der Waals surface area (Å²) in [6, 6.07) is 6.07. The summed E-state index contributed by atoms with van der Waals surface area (Å²) in [6.07, 6.45) is 4.52. The third kappa shape index (κ3) is 3.06. The highest BCUT2D eigenvalue weighted by atomic mass is 16.6. The SMILES string of the molecule is c1c[nH]c(CCNCc2ccc3c(c2)OCCO3)n1. The Hall–Kier alpha value is -2.01. The Labute approximate surface area is 112 Å². The zero-order valence-corrected chi connectivity index (χ0v) is 10.7. The summed E-state index contributed by atoms with van der Waals surface area (Å²) in [5.74, 6) is 2.69. The molecular formula is C14H17N3O2. The Morgan fingerprint density at radius 2 is 2.11 bits per heavy atom. The van der Waals surface area contributed by atoms with Crippen LogP contribution in [0, 0.1) is 0 Å². The zero-order chi connectivity index (χ0) is 12.9. The molecule has 0 saturated carbocycles. The minimum Gasteiger partial charge on any atom is -0.486 e. The summed E-state index contributed by atoms with van der Waals surface area (Å²) in [5.41, 5.74) is 1.20. The van der Waals surface area contributed by atoms with Crippen LogP contribution in [0.1, 0.15) is 11.4 Å². The lowest BCUT2D eigenvalue weighted by molar-refractivity contribution is 0.171. The van der Waals surface area contributed by atoms with E-state index < -0.39 is 0 Å². The van der Waals surface area contributed by atoms with Gasteiger partial charge >= 0.3 is 0 Å². The number of benzene rings is 1. The number of aromatic nitrogens is 2. The fraction of sp³-hybridized carbons (Fsp3) is 0.357. The van der Waals surface area contributed by atoms with E-state index in [1.807, 2.05) is 18.3 Å². The molecule has 0 bridgehead atoms. The van der Waals surface area contributed by atoms with Crippen LogP contribution in [0.3, 0.4) is 0 Å². The van der Waals surface area contributed by atoms with Crippen molar-refractivity contribution in [1.82, 2.24) is 15.3 Å². The van der Waals surface area contributed by atoms with Gasteiger partial charge in [0.25, 0.3) is 0 Å². The molecule has 0 saturated heterocycles. The average Bonchev–Trinajstić information content (AvgIpc) is 2.97. The molecule has 2 heterocycles. The van der Waals surface area contributed by atoms with Crippen LogP contribution in [-0.4, -0.2) is 29.7 Å². The van der Waals surface area contributed by atoms with Crippen molar-refractivity contribution in [1.29, 1.82) is 0 Å². The summed E-state index contributed by atoms with van der Waals surface area (Å²) in [7, 11) is 0. The van der Waals surface area contributed by atoms with Crippen molar-refractivity contribution in [2.45, 2.75) is 13.0 Å². The lowest BCUT2D eigenvalue weighted by atomic mass is 10.2. The van der Waals surface area contributed by atoms with Crippen LogP contribution in [0.25, 0.3) is 0 Å². The molecule has 0 radical (unpaired) electrons. The summed E-state index contributed by atoms with van der Waals surface area (Å²) >= 11 is 0. The Morgan fingerprint density at radius 1 is 1.21 bits per heavy atom. The molecule has 19 heavy (non-hydrogen) atoms. The Balaban J connectivity index is 1.50. The number of aromatic amines is 1. The molecule has 0 aliphatic carbocycles. The van der Waals surface area contributed by atoms with E-state index in [4.69, 9.17) is 9.47 Å². The van der Waals surface area contributed by atoms with Gasteiger partial charge in [-0.3, -0.25) is 0 Å². The number of imidazole rings is 1. The first-order valence-electron chi connectivity index (χ1n) is 6.49. The number of hydrogen-bond acceptors (Lipinski definition) is 4. The molecule has 5 heteroatoms. The molecule has 0 spiro atoms. The van der Waals surface area contributed by atoms with Gasteiger partial charge in [0.1, 0.15) is 19.0 Å². The van der Waals surface area contributed by atoms with Gasteiger partial charge in [0.05, 0.1) is 0 Å². The van der Waals surface area contributed by atoms with Crippen LogP contribution in [0.5, 0.6) is 11.5 Å². The van der Waals surface area contributed by atoms with Gasteiger partial charge in [0.15, 0.2) is 11.5 Å². The van der Waals surface area contributed by atoms with E-state index in [0.29, 0.717) is 13.2 Å². The summed E-state index contributed by atoms with van der Waals surface area (Å²) in [6.45, 7) is 2.97. The first-order chi connectivity index (χ1) is 9.42. The molecule has 0 amide bonds.